The Morgan fingerprint density at radius 3 is 2.68 bits per heavy atom. The number of H-pyrrole nitrogens is 1. The number of carbonyl (C=O) groups excluding carboxylic acids is 1. The minimum atomic E-state index is -0.174. The number of fused-ring (bicyclic) bond motifs is 2. The molecule has 5 heteroatoms. The number of morpholine rings is 1. The van der Waals surface area contributed by atoms with E-state index in [-0.39, 0.29) is 23.2 Å². The summed E-state index contributed by atoms with van der Waals surface area (Å²) in [6.45, 7) is 2.91. The van der Waals surface area contributed by atoms with Crippen LogP contribution in [-0.2, 0) is 4.74 Å². The molecular formula is C17H16N2O3. The zero-order chi connectivity index (χ0) is 15.1. The maximum atomic E-state index is 12.6. The first-order valence-electron chi connectivity index (χ1n) is 7.45. The number of benzene rings is 1. The van der Waals surface area contributed by atoms with Crippen molar-refractivity contribution in [3.05, 3.63) is 51.4 Å². The lowest BCUT2D eigenvalue weighted by atomic mass is 9.95. The second-order valence-corrected chi connectivity index (χ2v) is 5.62. The molecule has 4 rings (SSSR count). The number of allylic oxidation sites excluding steroid dienone is 1. The number of para-hydroxylation sites is 1. The number of aromatic nitrogens is 1. The van der Waals surface area contributed by atoms with Crippen LogP contribution in [0.3, 0.4) is 0 Å². The zero-order valence-corrected chi connectivity index (χ0v) is 12.1. The predicted octanol–water partition coefficient (Wildman–Crippen LogP) is 1.79. The Labute approximate surface area is 127 Å². The van der Waals surface area contributed by atoms with E-state index in [0.717, 1.165) is 24.3 Å². The Kier molecular flexibility index (Phi) is 3.08. The molecule has 1 aliphatic carbocycles. The number of nitrogens with one attached hydrogen (secondary N) is 1. The summed E-state index contributed by atoms with van der Waals surface area (Å²) in [6, 6.07) is 7.30. The van der Waals surface area contributed by atoms with Crippen LogP contribution in [0.5, 0.6) is 0 Å². The molecule has 1 aliphatic heterocycles. The molecule has 1 aromatic heterocycles. The predicted molar refractivity (Wildman–Crippen MR) is 83.9 cm³/mol. The number of ketones is 1. The Bertz CT molecular complexity index is 845. The third-order valence-corrected chi connectivity index (χ3v) is 4.29. The molecule has 1 fully saturated rings. The van der Waals surface area contributed by atoms with Crippen molar-refractivity contribution in [2.24, 2.45) is 0 Å². The molecule has 5 nitrogen and oxygen atoms in total. The van der Waals surface area contributed by atoms with Gasteiger partial charge in [-0.3, -0.25) is 9.59 Å². The molecule has 0 spiro atoms. The minimum Gasteiger partial charge on any atom is -0.378 e. The number of nitrogens with zero attached hydrogens (tertiary/aromatic N) is 1. The number of ether oxygens (including phenoxy) is 1. The molecule has 2 aromatic rings. The number of hydrogen-bond donors (Lipinski definition) is 1. The Hall–Kier alpha value is -2.40. The van der Waals surface area contributed by atoms with Crippen LogP contribution in [0.25, 0.3) is 17.0 Å². The van der Waals surface area contributed by atoms with Crippen LogP contribution in [0.15, 0.2) is 34.8 Å². The van der Waals surface area contributed by atoms with E-state index < -0.39 is 0 Å². The van der Waals surface area contributed by atoms with Crippen LogP contribution >= 0.6 is 0 Å². The van der Waals surface area contributed by atoms with Crippen LogP contribution in [0.2, 0.25) is 0 Å². The SMILES string of the molecule is O=C1CC(N2CCOCC2)=Cc2[nH]c3ccccc3c(=O)c21. The topological polar surface area (TPSA) is 62.4 Å². The van der Waals surface area contributed by atoms with Gasteiger partial charge in [-0.25, -0.2) is 0 Å². The molecule has 22 heavy (non-hydrogen) atoms. The van der Waals surface area contributed by atoms with E-state index in [2.05, 4.69) is 9.88 Å². The summed E-state index contributed by atoms with van der Waals surface area (Å²) in [5.74, 6) is -0.106. The first-order valence-corrected chi connectivity index (χ1v) is 7.45. The standard InChI is InChI=1S/C17H16N2O3/c20-15-10-11(19-5-7-22-8-6-19)9-14-16(15)17(21)12-3-1-2-4-13(12)18-14/h1-4,9H,5-8,10H2,(H,18,21). The van der Waals surface area contributed by atoms with Gasteiger partial charge < -0.3 is 14.6 Å². The van der Waals surface area contributed by atoms with Crippen molar-refractivity contribution >= 4 is 22.8 Å². The van der Waals surface area contributed by atoms with Crippen molar-refractivity contribution < 1.29 is 9.53 Å². The number of hydrogen-bond acceptors (Lipinski definition) is 4. The summed E-state index contributed by atoms with van der Waals surface area (Å²) in [4.78, 5) is 30.4. The van der Waals surface area contributed by atoms with Crippen molar-refractivity contribution in [2.45, 2.75) is 6.42 Å². The zero-order valence-electron chi connectivity index (χ0n) is 12.1. The van der Waals surface area contributed by atoms with Gasteiger partial charge in [0.05, 0.1) is 30.9 Å². The highest BCUT2D eigenvalue weighted by Crippen LogP contribution is 2.25. The van der Waals surface area contributed by atoms with Gasteiger partial charge in [-0.15, -0.1) is 0 Å². The number of aromatic amines is 1. The maximum absolute atomic E-state index is 12.6. The normalized spacial score (nSPS) is 18.3. The highest BCUT2D eigenvalue weighted by molar-refractivity contribution is 6.05. The van der Waals surface area contributed by atoms with E-state index in [1.54, 1.807) is 6.07 Å². The Morgan fingerprint density at radius 1 is 1.09 bits per heavy atom. The van der Waals surface area contributed by atoms with E-state index in [1.165, 1.54) is 0 Å². The molecule has 1 aromatic carbocycles. The smallest absolute Gasteiger partial charge is 0.200 e. The number of carbonyl (C=O) groups is 1. The van der Waals surface area contributed by atoms with Crippen LogP contribution in [0.1, 0.15) is 22.5 Å². The molecule has 0 atom stereocenters. The molecule has 2 heterocycles. The van der Waals surface area contributed by atoms with Gasteiger partial charge in [0.15, 0.2) is 5.78 Å². The lowest BCUT2D eigenvalue weighted by Crippen LogP contribution is -2.37. The minimum absolute atomic E-state index is 0.106. The average Bonchev–Trinajstić information content (AvgIpc) is 2.55. The van der Waals surface area contributed by atoms with Crippen molar-refractivity contribution in [3.8, 4) is 0 Å². The van der Waals surface area contributed by atoms with Gasteiger partial charge in [-0.1, -0.05) is 12.1 Å². The molecule has 0 unspecified atom stereocenters. The van der Waals surface area contributed by atoms with E-state index in [0.29, 0.717) is 24.3 Å². The third-order valence-electron chi connectivity index (χ3n) is 4.29. The number of rotatable bonds is 1. The van der Waals surface area contributed by atoms with E-state index in [4.69, 9.17) is 4.74 Å². The van der Waals surface area contributed by atoms with Crippen molar-refractivity contribution in [3.63, 3.8) is 0 Å². The largest absolute Gasteiger partial charge is 0.378 e. The first-order chi connectivity index (χ1) is 10.7. The summed E-state index contributed by atoms with van der Waals surface area (Å²) in [6.07, 6.45) is 2.23. The maximum Gasteiger partial charge on any atom is 0.200 e. The van der Waals surface area contributed by atoms with Crippen LogP contribution in [0, 0.1) is 0 Å². The fourth-order valence-electron chi connectivity index (χ4n) is 3.16. The fraction of sp³-hybridized carbons (Fsp3) is 0.294. The monoisotopic (exact) mass is 296 g/mol. The summed E-state index contributed by atoms with van der Waals surface area (Å²) in [5.41, 5.74) is 2.47. The third kappa shape index (κ3) is 2.05. The first kappa shape index (κ1) is 13.3. The van der Waals surface area contributed by atoms with Gasteiger partial charge in [-0.2, -0.15) is 0 Å². The van der Waals surface area contributed by atoms with Gasteiger partial charge in [0.1, 0.15) is 0 Å². The molecule has 112 valence electrons. The van der Waals surface area contributed by atoms with Gasteiger partial charge in [0.25, 0.3) is 0 Å². The molecule has 0 radical (unpaired) electrons. The number of Topliss-reactive ketones (excluding diaryl/α,β-unsaturated/α-hetero) is 1. The number of pyridine rings is 1. The Balaban J connectivity index is 1.87. The van der Waals surface area contributed by atoms with Gasteiger partial charge in [-0.05, 0) is 18.2 Å². The van der Waals surface area contributed by atoms with Crippen molar-refractivity contribution in [2.75, 3.05) is 26.3 Å². The summed E-state index contributed by atoms with van der Waals surface area (Å²) in [5, 5.41) is 0.567. The van der Waals surface area contributed by atoms with Crippen LogP contribution in [-0.4, -0.2) is 42.0 Å². The molecule has 2 aliphatic rings. The van der Waals surface area contributed by atoms with E-state index >= 15 is 0 Å². The van der Waals surface area contributed by atoms with E-state index in [9.17, 15) is 9.59 Å². The molecule has 0 amide bonds. The molecule has 0 bridgehead atoms. The lowest BCUT2D eigenvalue weighted by molar-refractivity contribution is 0.0518. The van der Waals surface area contributed by atoms with Crippen molar-refractivity contribution in [1.29, 1.82) is 0 Å². The van der Waals surface area contributed by atoms with Gasteiger partial charge in [0.2, 0.25) is 5.43 Å². The Morgan fingerprint density at radius 2 is 1.86 bits per heavy atom. The molecule has 1 saturated heterocycles. The van der Waals surface area contributed by atoms with Gasteiger partial charge >= 0.3 is 0 Å². The second-order valence-electron chi connectivity index (χ2n) is 5.62. The van der Waals surface area contributed by atoms with Crippen LogP contribution in [0.4, 0.5) is 0 Å². The second kappa shape index (κ2) is 5.10. The van der Waals surface area contributed by atoms with E-state index in [1.807, 2.05) is 24.3 Å². The summed E-state index contributed by atoms with van der Waals surface area (Å²) in [7, 11) is 0. The average molecular weight is 296 g/mol. The molecular weight excluding hydrogens is 280 g/mol. The molecule has 1 N–H and O–H groups in total. The fourth-order valence-corrected chi connectivity index (χ4v) is 3.16. The highest BCUT2D eigenvalue weighted by Gasteiger charge is 2.26. The lowest BCUT2D eigenvalue weighted by Gasteiger charge is -2.32. The molecule has 0 saturated carbocycles. The van der Waals surface area contributed by atoms with Gasteiger partial charge in [0, 0.05) is 29.7 Å². The quantitative estimate of drug-likeness (QED) is 0.871. The summed E-state index contributed by atoms with van der Waals surface area (Å²) >= 11 is 0. The van der Waals surface area contributed by atoms with Crippen molar-refractivity contribution in [1.82, 2.24) is 9.88 Å². The summed E-state index contributed by atoms with van der Waals surface area (Å²) < 4.78 is 5.35. The highest BCUT2D eigenvalue weighted by atomic mass is 16.5. The van der Waals surface area contributed by atoms with Crippen LogP contribution < -0.4 is 5.43 Å².